The number of para-hydroxylation sites is 1. The van der Waals surface area contributed by atoms with Gasteiger partial charge in [-0.05, 0) is 37.3 Å². The van der Waals surface area contributed by atoms with Crippen LogP contribution in [-0.2, 0) is 0 Å². The molecule has 2 aromatic rings. The molecule has 0 atom stereocenters. The first kappa shape index (κ1) is 15.2. The Morgan fingerprint density at radius 1 is 1.24 bits per heavy atom. The second kappa shape index (κ2) is 6.51. The van der Waals surface area contributed by atoms with Gasteiger partial charge in [-0.1, -0.05) is 29.8 Å². The van der Waals surface area contributed by atoms with Crippen molar-refractivity contribution in [3.8, 4) is 0 Å². The summed E-state index contributed by atoms with van der Waals surface area (Å²) in [5.41, 5.74) is 1.84. The van der Waals surface area contributed by atoms with Crippen LogP contribution in [0.4, 0.5) is 17.1 Å². The van der Waals surface area contributed by atoms with E-state index in [0.29, 0.717) is 27.1 Å². The fourth-order valence-electron chi connectivity index (χ4n) is 1.73. The van der Waals surface area contributed by atoms with E-state index in [-0.39, 0.29) is 5.69 Å². The van der Waals surface area contributed by atoms with Crippen molar-refractivity contribution in [2.75, 3.05) is 10.6 Å². The van der Waals surface area contributed by atoms with Crippen LogP contribution >= 0.6 is 23.8 Å². The molecule has 2 rings (SSSR count). The third-order valence-corrected chi connectivity index (χ3v) is 3.32. The van der Waals surface area contributed by atoms with E-state index in [1.165, 1.54) is 6.07 Å². The number of thiocarbonyl (C=S) groups is 1. The number of benzene rings is 2. The zero-order valence-electron chi connectivity index (χ0n) is 11.1. The lowest BCUT2D eigenvalue weighted by Gasteiger charge is -2.11. The third-order valence-electron chi connectivity index (χ3n) is 2.79. The quantitative estimate of drug-likeness (QED) is 0.499. The number of nitro benzene ring substituents is 1. The maximum Gasteiger partial charge on any atom is 0.274 e. The number of hydrogen-bond donors (Lipinski definition) is 2. The minimum absolute atomic E-state index is 0.0422. The highest BCUT2D eigenvalue weighted by molar-refractivity contribution is 7.80. The fraction of sp³-hybridized carbons (Fsp3) is 0.0714. The van der Waals surface area contributed by atoms with E-state index in [1.807, 2.05) is 12.1 Å². The molecule has 0 radical (unpaired) electrons. The molecule has 108 valence electrons. The van der Waals surface area contributed by atoms with E-state index in [9.17, 15) is 10.1 Å². The SMILES string of the molecule is Cc1ccc(NC(=S)Nc2ccccc2Cl)cc1[N+](=O)[O-]. The summed E-state index contributed by atoms with van der Waals surface area (Å²) in [4.78, 5) is 10.5. The maximum absolute atomic E-state index is 10.9. The average molecular weight is 322 g/mol. The van der Waals surface area contributed by atoms with Crippen molar-refractivity contribution in [2.24, 2.45) is 0 Å². The first-order chi connectivity index (χ1) is 9.97. The number of anilines is 2. The lowest BCUT2D eigenvalue weighted by atomic mass is 10.2. The van der Waals surface area contributed by atoms with Crippen molar-refractivity contribution >= 4 is 46.0 Å². The van der Waals surface area contributed by atoms with E-state index >= 15 is 0 Å². The molecular formula is C14H12ClN3O2S. The van der Waals surface area contributed by atoms with E-state index in [4.69, 9.17) is 23.8 Å². The monoisotopic (exact) mass is 321 g/mol. The summed E-state index contributed by atoms with van der Waals surface area (Å²) in [7, 11) is 0. The molecule has 5 nitrogen and oxygen atoms in total. The van der Waals surface area contributed by atoms with Gasteiger partial charge in [0, 0.05) is 17.3 Å². The molecular weight excluding hydrogens is 310 g/mol. The molecule has 0 aliphatic rings. The van der Waals surface area contributed by atoms with Crippen LogP contribution in [0.3, 0.4) is 0 Å². The maximum atomic E-state index is 10.9. The Bertz CT molecular complexity index is 706. The molecule has 0 aliphatic heterocycles. The van der Waals surface area contributed by atoms with Gasteiger partial charge < -0.3 is 10.6 Å². The van der Waals surface area contributed by atoms with E-state index in [1.54, 1.807) is 31.2 Å². The molecule has 21 heavy (non-hydrogen) atoms. The van der Waals surface area contributed by atoms with Crippen LogP contribution in [0.1, 0.15) is 5.56 Å². The zero-order valence-corrected chi connectivity index (χ0v) is 12.7. The number of nitro groups is 1. The Morgan fingerprint density at radius 2 is 1.95 bits per heavy atom. The summed E-state index contributed by atoms with van der Waals surface area (Å²) in [6.07, 6.45) is 0. The highest BCUT2D eigenvalue weighted by Crippen LogP contribution is 2.23. The summed E-state index contributed by atoms with van der Waals surface area (Å²) >= 11 is 11.2. The van der Waals surface area contributed by atoms with E-state index in [0.717, 1.165) is 0 Å². The van der Waals surface area contributed by atoms with Gasteiger partial charge in [-0.15, -0.1) is 0 Å². The highest BCUT2D eigenvalue weighted by atomic mass is 35.5. The Kier molecular flexibility index (Phi) is 4.72. The molecule has 0 amide bonds. The Balaban J connectivity index is 2.12. The Morgan fingerprint density at radius 3 is 2.62 bits per heavy atom. The Labute approximate surface area is 132 Å². The number of aryl methyl sites for hydroxylation is 1. The predicted molar refractivity (Wildman–Crippen MR) is 89.1 cm³/mol. The van der Waals surface area contributed by atoms with Crippen LogP contribution < -0.4 is 10.6 Å². The molecule has 0 spiro atoms. The molecule has 7 heteroatoms. The van der Waals surface area contributed by atoms with Crippen LogP contribution in [0.15, 0.2) is 42.5 Å². The van der Waals surface area contributed by atoms with Gasteiger partial charge in [0.25, 0.3) is 5.69 Å². The molecule has 2 aromatic carbocycles. The van der Waals surface area contributed by atoms with Crippen LogP contribution in [0.25, 0.3) is 0 Å². The normalized spacial score (nSPS) is 10.0. The van der Waals surface area contributed by atoms with Crippen LogP contribution in [-0.4, -0.2) is 10.0 Å². The third kappa shape index (κ3) is 3.90. The summed E-state index contributed by atoms with van der Waals surface area (Å²) in [6.45, 7) is 1.68. The lowest BCUT2D eigenvalue weighted by molar-refractivity contribution is -0.385. The molecule has 0 saturated heterocycles. The molecule has 0 fully saturated rings. The summed E-state index contributed by atoms with van der Waals surface area (Å²) in [5, 5.41) is 17.6. The van der Waals surface area contributed by atoms with Crippen LogP contribution in [0, 0.1) is 17.0 Å². The highest BCUT2D eigenvalue weighted by Gasteiger charge is 2.11. The molecule has 0 bridgehead atoms. The predicted octanol–water partition coefficient (Wildman–Crippen LogP) is 4.37. The Hall–Kier alpha value is -2.18. The molecule has 2 N–H and O–H groups in total. The zero-order chi connectivity index (χ0) is 15.4. The smallest absolute Gasteiger partial charge is 0.274 e. The van der Waals surface area contributed by atoms with Crippen molar-refractivity contribution in [3.63, 3.8) is 0 Å². The van der Waals surface area contributed by atoms with Crippen molar-refractivity contribution in [3.05, 3.63) is 63.2 Å². The van der Waals surface area contributed by atoms with Crippen molar-refractivity contribution < 1.29 is 4.92 Å². The minimum atomic E-state index is -0.426. The summed E-state index contributed by atoms with van der Waals surface area (Å²) in [6, 6.07) is 12.0. The second-order valence-corrected chi connectivity index (χ2v) is 5.13. The van der Waals surface area contributed by atoms with Gasteiger partial charge in [-0.25, -0.2) is 0 Å². The first-order valence-electron chi connectivity index (χ1n) is 6.05. The van der Waals surface area contributed by atoms with Gasteiger partial charge in [0.2, 0.25) is 0 Å². The van der Waals surface area contributed by atoms with Crippen molar-refractivity contribution in [2.45, 2.75) is 6.92 Å². The number of halogens is 1. The van der Waals surface area contributed by atoms with Gasteiger partial charge in [-0.2, -0.15) is 0 Å². The van der Waals surface area contributed by atoms with Gasteiger partial charge in [0.1, 0.15) is 0 Å². The van der Waals surface area contributed by atoms with Crippen molar-refractivity contribution in [1.29, 1.82) is 0 Å². The van der Waals surface area contributed by atoms with Crippen molar-refractivity contribution in [1.82, 2.24) is 0 Å². The molecule has 0 aliphatic carbocycles. The van der Waals surface area contributed by atoms with Gasteiger partial charge in [0.15, 0.2) is 5.11 Å². The molecule has 0 saturated carbocycles. The van der Waals surface area contributed by atoms with E-state index in [2.05, 4.69) is 10.6 Å². The number of nitrogens with one attached hydrogen (secondary N) is 2. The fourth-order valence-corrected chi connectivity index (χ4v) is 2.14. The van der Waals surface area contributed by atoms with Gasteiger partial charge >= 0.3 is 0 Å². The van der Waals surface area contributed by atoms with Crippen LogP contribution in [0.5, 0.6) is 0 Å². The van der Waals surface area contributed by atoms with Gasteiger partial charge in [0.05, 0.1) is 15.6 Å². The minimum Gasteiger partial charge on any atom is -0.332 e. The lowest BCUT2D eigenvalue weighted by Crippen LogP contribution is -2.19. The molecule has 0 aromatic heterocycles. The topological polar surface area (TPSA) is 67.2 Å². The first-order valence-corrected chi connectivity index (χ1v) is 6.83. The molecule has 0 unspecified atom stereocenters. The largest absolute Gasteiger partial charge is 0.332 e. The standard InChI is InChI=1S/C14H12ClN3O2S/c1-9-6-7-10(8-13(9)18(19)20)16-14(21)17-12-5-3-2-4-11(12)15/h2-8H,1H3,(H2,16,17,21). The molecule has 0 heterocycles. The van der Waals surface area contributed by atoms with E-state index < -0.39 is 4.92 Å². The van der Waals surface area contributed by atoms with Gasteiger partial charge in [-0.3, -0.25) is 10.1 Å². The second-order valence-electron chi connectivity index (χ2n) is 4.32. The van der Waals surface area contributed by atoms with Crippen LogP contribution in [0.2, 0.25) is 5.02 Å². The number of rotatable bonds is 3. The average Bonchev–Trinajstić information content (AvgIpc) is 2.43. The number of hydrogen-bond acceptors (Lipinski definition) is 3. The number of nitrogens with zero attached hydrogens (tertiary/aromatic N) is 1. The summed E-state index contributed by atoms with van der Waals surface area (Å²) in [5.74, 6) is 0. The summed E-state index contributed by atoms with van der Waals surface area (Å²) < 4.78 is 0.